The average Bonchev–Trinajstić information content (AvgIpc) is 2.22. The van der Waals surface area contributed by atoms with E-state index < -0.39 is 0 Å². The van der Waals surface area contributed by atoms with Crippen molar-refractivity contribution in [2.75, 3.05) is 0 Å². The zero-order valence-corrected chi connectivity index (χ0v) is 8.45. The first-order valence-electron chi connectivity index (χ1n) is 4.66. The average molecular weight is 190 g/mol. The number of aromatic hydroxyl groups is 1. The predicted molar refractivity (Wildman–Crippen MR) is 57.4 cm³/mol. The van der Waals surface area contributed by atoms with E-state index in [0.717, 1.165) is 12.0 Å². The van der Waals surface area contributed by atoms with Crippen molar-refractivity contribution in [3.63, 3.8) is 0 Å². The van der Waals surface area contributed by atoms with Crippen LogP contribution in [0.1, 0.15) is 36.2 Å². The lowest BCUT2D eigenvalue weighted by Gasteiger charge is -2.05. The molecule has 0 atom stereocenters. The molecule has 2 nitrogen and oxygen atoms in total. The fourth-order valence-electron chi connectivity index (χ4n) is 1.42. The molecule has 0 amide bonds. The van der Waals surface area contributed by atoms with Crippen molar-refractivity contribution >= 4 is 11.9 Å². The van der Waals surface area contributed by atoms with E-state index in [2.05, 4.69) is 6.92 Å². The van der Waals surface area contributed by atoms with Crippen molar-refractivity contribution in [1.82, 2.24) is 0 Å². The van der Waals surface area contributed by atoms with E-state index in [-0.39, 0.29) is 5.75 Å². The number of benzene rings is 1. The minimum absolute atomic E-state index is 0.0373. The molecule has 0 heterocycles. The van der Waals surface area contributed by atoms with Gasteiger partial charge in [-0.05, 0) is 36.6 Å². The van der Waals surface area contributed by atoms with Gasteiger partial charge in [0.2, 0.25) is 0 Å². The number of carbonyl (C=O) groups is 1. The molecule has 1 N–H and O–H groups in total. The predicted octanol–water partition coefficient (Wildman–Crippen LogP) is 3.02. The van der Waals surface area contributed by atoms with Gasteiger partial charge >= 0.3 is 0 Å². The van der Waals surface area contributed by atoms with Crippen molar-refractivity contribution < 1.29 is 9.90 Å². The third kappa shape index (κ3) is 2.02. The van der Waals surface area contributed by atoms with Crippen molar-refractivity contribution in [1.29, 1.82) is 0 Å². The zero-order chi connectivity index (χ0) is 10.6. The molecule has 0 fully saturated rings. The second-order valence-corrected chi connectivity index (χ2v) is 3.06. The van der Waals surface area contributed by atoms with E-state index in [9.17, 15) is 9.90 Å². The molecule has 0 aliphatic carbocycles. The number of hydrogen-bond donors (Lipinski definition) is 1. The number of phenolic OH excluding ortho intramolecular Hbond substituents is 1. The van der Waals surface area contributed by atoms with E-state index in [0.29, 0.717) is 11.8 Å². The lowest BCUT2D eigenvalue weighted by Crippen LogP contribution is -1.87. The van der Waals surface area contributed by atoms with E-state index in [1.165, 1.54) is 5.57 Å². The summed E-state index contributed by atoms with van der Waals surface area (Å²) in [6.45, 7) is 4.02. The summed E-state index contributed by atoms with van der Waals surface area (Å²) in [5, 5.41) is 9.31. The van der Waals surface area contributed by atoms with Gasteiger partial charge in [-0.1, -0.05) is 19.1 Å². The standard InChI is InChI=1S/C12H14O2/c1-3-9(4-2)10-5-6-12(14)11(7-10)8-13/h3,5-8,14H,4H2,1-2H3/b9-3+. The van der Waals surface area contributed by atoms with Crippen LogP contribution in [0.25, 0.3) is 5.57 Å². The molecule has 0 saturated heterocycles. The molecular weight excluding hydrogens is 176 g/mol. The number of hydrogen-bond acceptors (Lipinski definition) is 2. The van der Waals surface area contributed by atoms with Crippen LogP contribution in [0.4, 0.5) is 0 Å². The molecule has 2 heteroatoms. The highest BCUT2D eigenvalue weighted by Gasteiger charge is 2.03. The lowest BCUT2D eigenvalue weighted by molar-refractivity contribution is 0.112. The molecule has 0 radical (unpaired) electrons. The van der Waals surface area contributed by atoms with Crippen molar-refractivity contribution in [2.45, 2.75) is 20.3 Å². The summed E-state index contributed by atoms with van der Waals surface area (Å²) in [5.74, 6) is 0.0373. The Labute approximate surface area is 83.9 Å². The maximum atomic E-state index is 10.6. The molecule has 0 aliphatic rings. The number of carbonyl (C=O) groups excluding carboxylic acids is 1. The Bertz CT molecular complexity index is 365. The van der Waals surface area contributed by atoms with Crippen LogP contribution in [0.3, 0.4) is 0 Å². The van der Waals surface area contributed by atoms with Gasteiger partial charge in [-0.3, -0.25) is 4.79 Å². The molecular formula is C12H14O2. The highest BCUT2D eigenvalue weighted by atomic mass is 16.3. The molecule has 14 heavy (non-hydrogen) atoms. The maximum Gasteiger partial charge on any atom is 0.153 e. The highest BCUT2D eigenvalue weighted by Crippen LogP contribution is 2.23. The molecule has 0 saturated carbocycles. The summed E-state index contributed by atoms with van der Waals surface area (Å²) in [6.07, 6.45) is 3.60. The van der Waals surface area contributed by atoms with E-state index in [1.807, 2.05) is 19.1 Å². The molecule has 0 spiro atoms. The first-order valence-corrected chi connectivity index (χ1v) is 4.66. The van der Waals surface area contributed by atoms with Crippen LogP contribution < -0.4 is 0 Å². The first kappa shape index (κ1) is 10.5. The minimum atomic E-state index is 0.0373. The first-order chi connectivity index (χ1) is 6.72. The monoisotopic (exact) mass is 190 g/mol. The fraction of sp³-hybridized carbons (Fsp3) is 0.250. The molecule has 1 rings (SSSR count). The van der Waals surface area contributed by atoms with Crippen molar-refractivity contribution in [3.8, 4) is 5.75 Å². The number of rotatable bonds is 3. The molecule has 0 aromatic heterocycles. The van der Waals surface area contributed by atoms with Gasteiger partial charge in [0.25, 0.3) is 0 Å². The summed E-state index contributed by atoms with van der Waals surface area (Å²) < 4.78 is 0. The Morgan fingerprint density at radius 1 is 1.50 bits per heavy atom. The maximum absolute atomic E-state index is 10.6. The Hall–Kier alpha value is -1.57. The number of phenols is 1. The third-order valence-electron chi connectivity index (χ3n) is 2.25. The highest BCUT2D eigenvalue weighted by molar-refractivity contribution is 5.82. The van der Waals surface area contributed by atoms with Crippen LogP contribution in [0.2, 0.25) is 0 Å². The molecule has 74 valence electrons. The van der Waals surface area contributed by atoms with Gasteiger partial charge in [-0.25, -0.2) is 0 Å². The fourth-order valence-corrected chi connectivity index (χ4v) is 1.42. The summed E-state index contributed by atoms with van der Waals surface area (Å²) in [6, 6.07) is 5.08. The van der Waals surface area contributed by atoms with Crippen LogP contribution in [0.15, 0.2) is 24.3 Å². The normalized spacial score (nSPS) is 11.4. The Morgan fingerprint density at radius 2 is 2.21 bits per heavy atom. The molecule has 0 bridgehead atoms. The topological polar surface area (TPSA) is 37.3 Å². The molecule has 1 aromatic rings. The van der Waals surface area contributed by atoms with Gasteiger partial charge in [0, 0.05) is 0 Å². The SMILES string of the molecule is C/C=C(\CC)c1ccc(O)c(C=O)c1. The third-order valence-corrected chi connectivity index (χ3v) is 2.25. The van der Waals surface area contributed by atoms with Crippen LogP contribution in [0, 0.1) is 0 Å². The van der Waals surface area contributed by atoms with Gasteiger partial charge in [0.1, 0.15) is 5.75 Å². The van der Waals surface area contributed by atoms with Crippen LogP contribution in [-0.2, 0) is 0 Å². The second kappa shape index (κ2) is 4.61. The molecule has 0 unspecified atom stereocenters. The van der Waals surface area contributed by atoms with Gasteiger partial charge in [-0.15, -0.1) is 0 Å². The van der Waals surface area contributed by atoms with E-state index >= 15 is 0 Å². The summed E-state index contributed by atoms with van der Waals surface area (Å²) in [5.41, 5.74) is 2.51. The van der Waals surface area contributed by atoms with Crippen LogP contribution in [0.5, 0.6) is 5.75 Å². The lowest BCUT2D eigenvalue weighted by atomic mass is 10.0. The van der Waals surface area contributed by atoms with Gasteiger partial charge < -0.3 is 5.11 Å². The zero-order valence-electron chi connectivity index (χ0n) is 8.45. The Balaban J connectivity index is 3.18. The largest absolute Gasteiger partial charge is 0.507 e. The smallest absolute Gasteiger partial charge is 0.153 e. The van der Waals surface area contributed by atoms with Gasteiger partial charge in [0.05, 0.1) is 5.56 Å². The summed E-state index contributed by atoms with van der Waals surface area (Å²) in [4.78, 5) is 10.6. The van der Waals surface area contributed by atoms with Gasteiger partial charge in [-0.2, -0.15) is 0 Å². The molecule has 1 aromatic carbocycles. The van der Waals surface area contributed by atoms with Crippen molar-refractivity contribution in [2.24, 2.45) is 0 Å². The van der Waals surface area contributed by atoms with Crippen LogP contribution in [-0.4, -0.2) is 11.4 Å². The minimum Gasteiger partial charge on any atom is -0.507 e. The number of allylic oxidation sites excluding steroid dienone is 2. The van der Waals surface area contributed by atoms with E-state index in [1.54, 1.807) is 12.1 Å². The van der Waals surface area contributed by atoms with Crippen molar-refractivity contribution in [3.05, 3.63) is 35.4 Å². The van der Waals surface area contributed by atoms with E-state index in [4.69, 9.17) is 0 Å². The van der Waals surface area contributed by atoms with Gasteiger partial charge in [0.15, 0.2) is 6.29 Å². The Morgan fingerprint density at radius 3 is 2.71 bits per heavy atom. The Kier molecular flexibility index (Phi) is 3.46. The molecule has 0 aliphatic heterocycles. The summed E-state index contributed by atoms with van der Waals surface area (Å²) in [7, 11) is 0. The quantitative estimate of drug-likeness (QED) is 0.744. The van der Waals surface area contributed by atoms with Crippen LogP contribution >= 0.6 is 0 Å². The summed E-state index contributed by atoms with van der Waals surface area (Å²) >= 11 is 0. The number of aldehydes is 1. The second-order valence-electron chi connectivity index (χ2n) is 3.06.